The van der Waals surface area contributed by atoms with E-state index in [0.717, 1.165) is 38.6 Å². The molecule has 4 nitrogen and oxygen atoms in total. The van der Waals surface area contributed by atoms with Crippen LogP contribution in [0.1, 0.15) is 33.3 Å². The third-order valence-electron chi connectivity index (χ3n) is 3.46. The van der Waals surface area contributed by atoms with Crippen molar-refractivity contribution in [3.63, 3.8) is 0 Å². The van der Waals surface area contributed by atoms with Crippen LogP contribution in [0.5, 0.6) is 0 Å². The molecule has 1 fully saturated rings. The lowest BCUT2D eigenvalue weighted by atomic mass is 10.1. The van der Waals surface area contributed by atoms with Gasteiger partial charge in [-0.1, -0.05) is 19.9 Å². The quantitative estimate of drug-likeness (QED) is 0.897. The maximum Gasteiger partial charge on any atom is 0.133 e. The van der Waals surface area contributed by atoms with E-state index in [9.17, 15) is 0 Å². The second-order valence-electron chi connectivity index (χ2n) is 6.54. The molecule has 0 amide bonds. The molecule has 0 radical (unpaired) electrons. The van der Waals surface area contributed by atoms with Crippen LogP contribution in [0, 0.1) is 5.92 Å². The third-order valence-corrected chi connectivity index (χ3v) is 3.46. The van der Waals surface area contributed by atoms with Gasteiger partial charge in [-0.15, -0.1) is 0 Å². The first kappa shape index (κ1) is 15.3. The summed E-state index contributed by atoms with van der Waals surface area (Å²) in [5, 5.41) is 3.50. The molecule has 4 heteroatoms. The summed E-state index contributed by atoms with van der Waals surface area (Å²) in [6.45, 7) is 13.2. The highest BCUT2D eigenvalue weighted by atomic mass is 16.5. The van der Waals surface area contributed by atoms with Crippen LogP contribution in [-0.2, 0) is 11.3 Å². The first-order valence-corrected chi connectivity index (χ1v) is 7.51. The van der Waals surface area contributed by atoms with Crippen LogP contribution in [0.25, 0.3) is 0 Å². The zero-order chi connectivity index (χ0) is 14.6. The van der Waals surface area contributed by atoms with Gasteiger partial charge in [-0.05, 0) is 32.4 Å². The van der Waals surface area contributed by atoms with E-state index in [-0.39, 0.29) is 5.60 Å². The standard InChI is InChI=1S/C16H27N3O/c1-13(2)10-17-11-14-6-5-7-18-15(14)19-8-9-20-16(3,4)12-19/h5-7,13,17H,8-12H2,1-4H3. The molecule has 0 saturated carbocycles. The van der Waals surface area contributed by atoms with Crippen molar-refractivity contribution in [2.24, 2.45) is 5.92 Å². The average molecular weight is 277 g/mol. The highest BCUT2D eigenvalue weighted by molar-refractivity contribution is 5.47. The molecule has 1 aliphatic rings. The van der Waals surface area contributed by atoms with Crippen molar-refractivity contribution in [2.75, 3.05) is 31.1 Å². The van der Waals surface area contributed by atoms with Gasteiger partial charge in [-0.25, -0.2) is 4.98 Å². The Labute approximate surface area is 122 Å². The molecule has 0 atom stereocenters. The maximum absolute atomic E-state index is 5.78. The first-order valence-electron chi connectivity index (χ1n) is 7.51. The molecule has 1 saturated heterocycles. The smallest absolute Gasteiger partial charge is 0.133 e. The van der Waals surface area contributed by atoms with Crippen LogP contribution in [0.15, 0.2) is 18.3 Å². The number of ether oxygens (including phenoxy) is 1. The Balaban J connectivity index is 2.07. The molecule has 1 aromatic rings. The van der Waals surface area contributed by atoms with Gasteiger partial charge in [0.25, 0.3) is 0 Å². The van der Waals surface area contributed by atoms with Crippen molar-refractivity contribution in [3.05, 3.63) is 23.9 Å². The monoisotopic (exact) mass is 277 g/mol. The van der Waals surface area contributed by atoms with Gasteiger partial charge in [0.1, 0.15) is 5.82 Å². The predicted octanol–water partition coefficient (Wildman–Crippen LogP) is 2.44. The van der Waals surface area contributed by atoms with E-state index < -0.39 is 0 Å². The number of aromatic nitrogens is 1. The summed E-state index contributed by atoms with van der Waals surface area (Å²) in [5.41, 5.74) is 1.17. The summed E-state index contributed by atoms with van der Waals surface area (Å²) in [5.74, 6) is 1.76. The van der Waals surface area contributed by atoms with Gasteiger partial charge in [0.05, 0.1) is 12.2 Å². The molecular weight excluding hydrogens is 250 g/mol. The minimum absolute atomic E-state index is 0.0988. The lowest BCUT2D eigenvalue weighted by Gasteiger charge is -2.39. The summed E-state index contributed by atoms with van der Waals surface area (Å²) in [6.07, 6.45) is 1.88. The van der Waals surface area contributed by atoms with Crippen LogP contribution < -0.4 is 10.2 Å². The van der Waals surface area contributed by atoms with E-state index in [1.165, 1.54) is 5.56 Å². The molecule has 20 heavy (non-hydrogen) atoms. The predicted molar refractivity (Wildman–Crippen MR) is 83.0 cm³/mol. The normalized spacial score (nSPS) is 18.6. The van der Waals surface area contributed by atoms with Crippen LogP contribution >= 0.6 is 0 Å². The molecule has 112 valence electrons. The number of anilines is 1. The molecule has 0 aromatic carbocycles. The van der Waals surface area contributed by atoms with Crippen molar-refractivity contribution < 1.29 is 4.74 Å². The Morgan fingerprint density at radius 2 is 2.25 bits per heavy atom. The lowest BCUT2D eigenvalue weighted by Crippen LogP contribution is -2.49. The molecule has 0 aliphatic carbocycles. The van der Waals surface area contributed by atoms with Gasteiger partial charge < -0.3 is 15.0 Å². The van der Waals surface area contributed by atoms with Crippen molar-refractivity contribution in [3.8, 4) is 0 Å². The molecule has 0 bridgehead atoms. The summed E-state index contributed by atoms with van der Waals surface area (Å²) < 4.78 is 5.78. The van der Waals surface area contributed by atoms with Gasteiger partial charge in [0, 0.05) is 31.4 Å². The second kappa shape index (κ2) is 6.55. The highest BCUT2D eigenvalue weighted by Gasteiger charge is 2.28. The Morgan fingerprint density at radius 1 is 1.45 bits per heavy atom. The molecule has 1 aliphatic heterocycles. The fraction of sp³-hybridized carbons (Fsp3) is 0.688. The van der Waals surface area contributed by atoms with Gasteiger partial charge >= 0.3 is 0 Å². The zero-order valence-corrected chi connectivity index (χ0v) is 13.1. The maximum atomic E-state index is 5.78. The van der Waals surface area contributed by atoms with Crippen molar-refractivity contribution >= 4 is 5.82 Å². The van der Waals surface area contributed by atoms with E-state index >= 15 is 0 Å². The van der Waals surface area contributed by atoms with Crippen molar-refractivity contribution in [2.45, 2.75) is 39.8 Å². The largest absolute Gasteiger partial charge is 0.372 e. The first-order chi connectivity index (χ1) is 9.48. The fourth-order valence-electron chi connectivity index (χ4n) is 2.55. The summed E-state index contributed by atoms with van der Waals surface area (Å²) in [7, 11) is 0. The molecular formula is C16H27N3O. The van der Waals surface area contributed by atoms with Crippen molar-refractivity contribution in [1.82, 2.24) is 10.3 Å². The Kier molecular flexibility index (Phi) is 5.00. The molecule has 2 heterocycles. The number of pyridine rings is 1. The minimum Gasteiger partial charge on any atom is -0.372 e. The second-order valence-corrected chi connectivity index (χ2v) is 6.54. The van der Waals surface area contributed by atoms with Gasteiger partial charge in [-0.2, -0.15) is 0 Å². The Morgan fingerprint density at radius 3 is 2.95 bits per heavy atom. The topological polar surface area (TPSA) is 37.4 Å². The van der Waals surface area contributed by atoms with E-state index in [1.54, 1.807) is 0 Å². The number of hydrogen-bond acceptors (Lipinski definition) is 4. The summed E-state index contributed by atoms with van der Waals surface area (Å²) in [4.78, 5) is 6.94. The molecule has 2 rings (SSSR count). The van der Waals surface area contributed by atoms with Gasteiger partial charge in [0.2, 0.25) is 0 Å². The Hall–Kier alpha value is -1.13. The number of hydrogen-bond donors (Lipinski definition) is 1. The zero-order valence-electron chi connectivity index (χ0n) is 13.1. The van der Waals surface area contributed by atoms with E-state index in [2.05, 4.69) is 49.0 Å². The van der Waals surface area contributed by atoms with E-state index in [0.29, 0.717) is 5.92 Å². The number of nitrogens with zero attached hydrogens (tertiary/aromatic N) is 2. The average Bonchev–Trinajstić information content (AvgIpc) is 2.37. The number of nitrogens with one attached hydrogen (secondary N) is 1. The summed E-state index contributed by atoms with van der Waals surface area (Å²) >= 11 is 0. The van der Waals surface area contributed by atoms with Crippen LogP contribution in [0.4, 0.5) is 5.82 Å². The number of morpholine rings is 1. The third kappa shape index (κ3) is 4.18. The Bertz CT molecular complexity index is 431. The van der Waals surface area contributed by atoms with Gasteiger partial charge in [-0.3, -0.25) is 0 Å². The lowest BCUT2D eigenvalue weighted by molar-refractivity contribution is -0.0279. The van der Waals surface area contributed by atoms with Crippen LogP contribution in [0.3, 0.4) is 0 Å². The van der Waals surface area contributed by atoms with Crippen LogP contribution in [0.2, 0.25) is 0 Å². The van der Waals surface area contributed by atoms with Crippen LogP contribution in [-0.4, -0.2) is 36.8 Å². The molecule has 1 aromatic heterocycles. The highest BCUT2D eigenvalue weighted by Crippen LogP contribution is 2.24. The number of rotatable bonds is 5. The molecule has 0 unspecified atom stereocenters. The molecule has 0 spiro atoms. The fourth-order valence-corrected chi connectivity index (χ4v) is 2.55. The summed E-state index contributed by atoms with van der Waals surface area (Å²) in [6, 6.07) is 4.18. The van der Waals surface area contributed by atoms with E-state index in [1.807, 2.05) is 12.3 Å². The van der Waals surface area contributed by atoms with E-state index in [4.69, 9.17) is 4.74 Å². The SMILES string of the molecule is CC(C)CNCc1cccnc1N1CCOC(C)(C)C1. The van der Waals surface area contributed by atoms with Crippen molar-refractivity contribution in [1.29, 1.82) is 0 Å². The molecule has 1 N–H and O–H groups in total. The minimum atomic E-state index is -0.0988. The van der Waals surface area contributed by atoms with Gasteiger partial charge in [0.15, 0.2) is 0 Å².